The summed E-state index contributed by atoms with van der Waals surface area (Å²) < 4.78 is 4.84. The molecule has 94 valence electrons. The molecule has 1 heterocycles. The summed E-state index contributed by atoms with van der Waals surface area (Å²) in [5.74, 6) is -0.640. The Bertz CT molecular complexity index is 376. The topological polar surface area (TPSA) is 59.5 Å². The SMILES string of the molecule is CCOC(=O)CN(C(=O)c1cscn1)C(C)C. The number of hydrogen-bond acceptors (Lipinski definition) is 5. The molecule has 17 heavy (non-hydrogen) atoms. The lowest BCUT2D eigenvalue weighted by atomic mass is 10.3. The number of aromatic nitrogens is 1. The van der Waals surface area contributed by atoms with Gasteiger partial charge in [-0.15, -0.1) is 11.3 Å². The van der Waals surface area contributed by atoms with Gasteiger partial charge in [-0.25, -0.2) is 4.98 Å². The highest BCUT2D eigenvalue weighted by Gasteiger charge is 2.23. The molecule has 0 aliphatic carbocycles. The molecule has 0 saturated carbocycles. The van der Waals surface area contributed by atoms with Crippen LogP contribution in [0, 0.1) is 0 Å². The van der Waals surface area contributed by atoms with E-state index in [0.717, 1.165) is 0 Å². The van der Waals surface area contributed by atoms with E-state index in [4.69, 9.17) is 4.74 Å². The Morgan fingerprint density at radius 3 is 2.71 bits per heavy atom. The molecule has 0 fully saturated rings. The number of rotatable bonds is 5. The molecule has 0 aliphatic rings. The van der Waals surface area contributed by atoms with Crippen LogP contribution in [0.4, 0.5) is 0 Å². The van der Waals surface area contributed by atoms with E-state index in [2.05, 4.69) is 4.98 Å². The van der Waals surface area contributed by atoms with Gasteiger partial charge in [-0.1, -0.05) is 0 Å². The van der Waals surface area contributed by atoms with E-state index in [1.54, 1.807) is 17.8 Å². The molecule has 1 rings (SSSR count). The smallest absolute Gasteiger partial charge is 0.325 e. The van der Waals surface area contributed by atoms with Gasteiger partial charge in [0.25, 0.3) is 5.91 Å². The molecule has 0 radical (unpaired) electrons. The van der Waals surface area contributed by atoms with Crippen LogP contribution in [0.1, 0.15) is 31.3 Å². The summed E-state index contributed by atoms with van der Waals surface area (Å²) in [5.41, 5.74) is 1.96. The van der Waals surface area contributed by atoms with E-state index in [1.165, 1.54) is 16.2 Å². The van der Waals surface area contributed by atoms with Gasteiger partial charge in [-0.05, 0) is 20.8 Å². The zero-order chi connectivity index (χ0) is 12.8. The number of thiazole rings is 1. The third-order valence-electron chi connectivity index (χ3n) is 2.14. The van der Waals surface area contributed by atoms with E-state index in [9.17, 15) is 9.59 Å². The first-order chi connectivity index (χ1) is 8.06. The minimum atomic E-state index is -0.398. The first-order valence-electron chi connectivity index (χ1n) is 5.41. The van der Waals surface area contributed by atoms with Crippen molar-refractivity contribution in [2.24, 2.45) is 0 Å². The lowest BCUT2D eigenvalue weighted by Crippen LogP contribution is -2.41. The van der Waals surface area contributed by atoms with Crippen LogP contribution >= 0.6 is 11.3 Å². The van der Waals surface area contributed by atoms with Gasteiger partial charge >= 0.3 is 5.97 Å². The van der Waals surface area contributed by atoms with Crippen molar-refractivity contribution in [3.8, 4) is 0 Å². The van der Waals surface area contributed by atoms with Crippen LogP contribution in [-0.4, -0.2) is 41.0 Å². The summed E-state index contributed by atoms with van der Waals surface area (Å²) in [6, 6.07) is -0.0754. The number of nitrogens with zero attached hydrogens (tertiary/aromatic N) is 2. The van der Waals surface area contributed by atoms with Crippen molar-refractivity contribution < 1.29 is 14.3 Å². The predicted octanol–water partition coefficient (Wildman–Crippen LogP) is 1.56. The Morgan fingerprint density at radius 2 is 2.24 bits per heavy atom. The molecule has 1 aromatic heterocycles. The van der Waals surface area contributed by atoms with Crippen LogP contribution in [0.2, 0.25) is 0 Å². The molecule has 0 bridgehead atoms. The van der Waals surface area contributed by atoms with Crippen LogP contribution in [0.5, 0.6) is 0 Å². The molecular weight excluding hydrogens is 240 g/mol. The Hall–Kier alpha value is -1.43. The van der Waals surface area contributed by atoms with Crippen LogP contribution < -0.4 is 0 Å². The molecule has 0 N–H and O–H groups in total. The molecular formula is C11H16N2O3S. The maximum atomic E-state index is 12.0. The lowest BCUT2D eigenvalue weighted by molar-refractivity contribution is -0.144. The molecule has 0 atom stereocenters. The van der Waals surface area contributed by atoms with Gasteiger partial charge in [-0.3, -0.25) is 9.59 Å². The van der Waals surface area contributed by atoms with Gasteiger partial charge in [0.15, 0.2) is 0 Å². The van der Waals surface area contributed by atoms with Gasteiger partial charge in [0.05, 0.1) is 12.1 Å². The minimum absolute atomic E-state index is 0.0398. The predicted molar refractivity (Wildman–Crippen MR) is 64.9 cm³/mol. The second kappa shape index (κ2) is 6.34. The zero-order valence-electron chi connectivity index (χ0n) is 10.2. The highest BCUT2D eigenvalue weighted by Crippen LogP contribution is 2.09. The number of hydrogen-bond donors (Lipinski definition) is 0. The largest absolute Gasteiger partial charge is 0.465 e. The molecule has 0 unspecified atom stereocenters. The molecule has 5 nitrogen and oxygen atoms in total. The molecule has 0 aliphatic heterocycles. The fourth-order valence-electron chi connectivity index (χ4n) is 1.30. The summed E-state index contributed by atoms with van der Waals surface area (Å²) in [7, 11) is 0. The van der Waals surface area contributed by atoms with Crippen molar-refractivity contribution in [1.82, 2.24) is 9.88 Å². The molecule has 0 saturated heterocycles. The van der Waals surface area contributed by atoms with E-state index in [0.29, 0.717) is 12.3 Å². The molecule has 6 heteroatoms. The number of carbonyl (C=O) groups is 2. The third kappa shape index (κ3) is 3.81. The molecule has 0 aromatic carbocycles. The summed E-state index contributed by atoms with van der Waals surface area (Å²) in [4.78, 5) is 28.8. The van der Waals surface area contributed by atoms with Crippen molar-refractivity contribution in [2.45, 2.75) is 26.8 Å². The van der Waals surface area contributed by atoms with Crippen molar-refractivity contribution >= 4 is 23.2 Å². The molecule has 1 amide bonds. The summed E-state index contributed by atoms with van der Waals surface area (Å²) in [6.45, 7) is 5.71. The third-order valence-corrected chi connectivity index (χ3v) is 2.73. The lowest BCUT2D eigenvalue weighted by Gasteiger charge is -2.24. The maximum Gasteiger partial charge on any atom is 0.325 e. The van der Waals surface area contributed by atoms with E-state index < -0.39 is 5.97 Å². The van der Waals surface area contributed by atoms with Crippen molar-refractivity contribution in [2.75, 3.05) is 13.2 Å². The van der Waals surface area contributed by atoms with E-state index >= 15 is 0 Å². The first kappa shape index (κ1) is 13.6. The van der Waals surface area contributed by atoms with Crippen LogP contribution in [0.3, 0.4) is 0 Å². The summed E-state index contributed by atoms with van der Waals surface area (Å²) in [5, 5.41) is 1.67. The van der Waals surface area contributed by atoms with Crippen LogP contribution in [0.15, 0.2) is 10.9 Å². The standard InChI is InChI=1S/C11H16N2O3S/c1-4-16-10(14)5-13(8(2)3)11(15)9-6-17-7-12-9/h6-8H,4-5H2,1-3H3. The Balaban J connectivity index is 2.73. The number of amides is 1. The van der Waals surface area contributed by atoms with E-state index in [-0.39, 0.29) is 18.5 Å². The minimum Gasteiger partial charge on any atom is -0.465 e. The second-order valence-electron chi connectivity index (χ2n) is 3.71. The Labute approximate surface area is 104 Å². The van der Waals surface area contributed by atoms with E-state index in [1.807, 2.05) is 13.8 Å². The number of esters is 1. The van der Waals surface area contributed by atoms with Crippen molar-refractivity contribution in [3.05, 3.63) is 16.6 Å². The summed E-state index contributed by atoms with van der Waals surface area (Å²) in [6.07, 6.45) is 0. The fourth-order valence-corrected chi connectivity index (χ4v) is 1.83. The highest BCUT2D eigenvalue weighted by atomic mass is 32.1. The highest BCUT2D eigenvalue weighted by molar-refractivity contribution is 7.07. The Morgan fingerprint density at radius 1 is 1.53 bits per heavy atom. The monoisotopic (exact) mass is 256 g/mol. The van der Waals surface area contributed by atoms with Crippen LogP contribution in [-0.2, 0) is 9.53 Å². The number of carbonyl (C=O) groups excluding carboxylic acids is 2. The fraction of sp³-hybridized carbons (Fsp3) is 0.545. The maximum absolute atomic E-state index is 12.0. The number of ether oxygens (including phenoxy) is 1. The normalized spacial score (nSPS) is 10.4. The van der Waals surface area contributed by atoms with Gasteiger partial charge in [0.2, 0.25) is 0 Å². The summed E-state index contributed by atoms with van der Waals surface area (Å²) >= 11 is 1.35. The molecule has 1 aromatic rings. The Kier molecular flexibility index (Phi) is 5.09. The average molecular weight is 256 g/mol. The quantitative estimate of drug-likeness (QED) is 0.750. The van der Waals surface area contributed by atoms with Gasteiger partial charge < -0.3 is 9.64 Å². The van der Waals surface area contributed by atoms with Crippen molar-refractivity contribution in [1.29, 1.82) is 0 Å². The molecule has 0 spiro atoms. The average Bonchev–Trinajstić information content (AvgIpc) is 2.78. The van der Waals surface area contributed by atoms with Crippen molar-refractivity contribution in [3.63, 3.8) is 0 Å². The van der Waals surface area contributed by atoms with Gasteiger partial charge in [0, 0.05) is 11.4 Å². The van der Waals surface area contributed by atoms with Gasteiger partial charge in [-0.2, -0.15) is 0 Å². The second-order valence-corrected chi connectivity index (χ2v) is 4.42. The zero-order valence-corrected chi connectivity index (χ0v) is 11.0. The van der Waals surface area contributed by atoms with Crippen LogP contribution in [0.25, 0.3) is 0 Å². The first-order valence-corrected chi connectivity index (χ1v) is 6.35. The van der Waals surface area contributed by atoms with Gasteiger partial charge in [0.1, 0.15) is 12.2 Å².